The number of benzene rings is 3. The molecule has 0 fully saturated rings. The number of ether oxygens (including phenoxy) is 3. The Labute approximate surface area is 246 Å². The molecule has 2 heterocycles. The minimum Gasteiger partial charge on any atom is -0.493 e. The Morgan fingerprint density at radius 2 is 1.61 bits per heavy atom. The second-order valence-corrected chi connectivity index (χ2v) is 9.20. The molecular weight excluding hydrogens is 582 g/mol. The molecule has 224 valence electrons. The van der Waals surface area contributed by atoms with Crippen molar-refractivity contribution in [3.05, 3.63) is 111 Å². The first kappa shape index (κ1) is 29.4. The van der Waals surface area contributed by atoms with Gasteiger partial charge >= 0.3 is 11.7 Å². The predicted octanol–water partition coefficient (Wildman–Crippen LogP) is 3.97. The molecule has 0 atom stereocenters. The van der Waals surface area contributed by atoms with Crippen LogP contribution >= 0.6 is 0 Å². The van der Waals surface area contributed by atoms with E-state index in [1.165, 1.54) is 38.6 Å². The molecule has 2 aromatic heterocycles. The maximum absolute atomic E-state index is 15.2. The average Bonchev–Trinajstić information content (AvgIpc) is 3.00. The molecule has 0 bridgehead atoms. The van der Waals surface area contributed by atoms with Gasteiger partial charge in [-0.05, 0) is 48.5 Å². The average molecular weight is 605 g/mol. The van der Waals surface area contributed by atoms with Crippen molar-refractivity contribution in [1.82, 2.24) is 14.1 Å². The van der Waals surface area contributed by atoms with Crippen molar-refractivity contribution in [2.24, 2.45) is 0 Å². The van der Waals surface area contributed by atoms with E-state index in [2.05, 4.69) is 10.3 Å². The van der Waals surface area contributed by atoms with Crippen LogP contribution in [-0.2, 0) is 11.3 Å². The number of carboxylic acids is 1. The Bertz CT molecular complexity index is 2040. The van der Waals surface area contributed by atoms with Crippen molar-refractivity contribution in [3.63, 3.8) is 0 Å². The van der Waals surface area contributed by atoms with E-state index in [1.807, 2.05) is 0 Å². The number of fused-ring (bicyclic) bond motifs is 1. The van der Waals surface area contributed by atoms with Gasteiger partial charge in [0.05, 0.1) is 25.4 Å². The van der Waals surface area contributed by atoms with Gasteiger partial charge in [0.25, 0.3) is 11.5 Å². The van der Waals surface area contributed by atoms with E-state index in [4.69, 9.17) is 14.2 Å². The first-order valence-corrected chi connectivity index (χ1v) is 12.7. The summed E-state index contributed by atoms with van der Waals surface area (Å²) < 4.78 is 46.2. The van der Waals surface area contributed by atoms with E-state index in [0.717, 1.165) is 36.5 Å². The number of hydrogen-bond acceptors (Lipinski definition) is 8. The van der Waals surface area contributed by atoms with Crippen molar-refractivity contribution < 1.29 is 37.7 Å². The smallest absolute Gasteiger partial charge is 0.336 e. The zero-order valence-electron chi connectivity index (χ0n) is 23.0. The van der Waals surface area contributed by atoms with Crippen LogP contribution in [0.5, 0.6) is 23.0 Å². The van der Waals surface area contributed by atoms with Crippen LogP contribution in [0.3, 0.4) is 0 Å². The standard InChI is InChI=1S/C30H22F2N4O8/c1-42-25-12-19-22(13-26(25)43-2)33-10-9-23(19)44-24-8-5-17(11-21(24)32)34-28(39)20-14-35(15-27(37)38)30(41)36(29(20)40)18-6-3-16(31)4-7-18/h3-14H,15H2,1-2H3,(H,34,39)(H,37,38). The summed E-state index contributed by atoms with van der Waals surface area (Å²) >= 11 is 0. The summed E-state index contributed by atoms with van der Waals surface area (Å²) in [5.74, 6) is -3.07. The Hall–Kier alpha value is -6.05. The second kappa shape index (κ2) is 12.1. The third-order valence-electron chi connectivity index (χ3n) is 6.41. The van der Waals surface area contributed by atoms with Crippen molar-refractivity contribution >= 4 is 28.5 Å². The molecule has 5 rings (SSSR count). The lowest BCUT2D eigenvalue weighted by atomic mass is 10.1. The molecule has 44 heavy (non-hydrogen) atoms. The van der Waals surface area contributed by atoms with Crippen molar-refractivity contribution in [2.45, 2.75) is 6.54 Å². The molecule has 1 amide bonds. The minimum absolute atomic E-state index is 0.0745. The number of carbonyl (C=O) groups excluding carboxylic acids is 1. The fraction of sp³-hybridized carbons (Fsp3) is 0.100. The molecule has 2 N–H and O–H groups in total. The number of hydrogen-bond donors (Lipinski definition) is 2. The molecule has 3 aromatic carbocycles. The lowest BCUT2D eigenvalue weighted by Crippen LogP contribution is -2.43. The molecular formula is C30H22F2N4O8. The molecule has 5 aromatic rings. The summed E-state index contributed by atoms with van der Waals surface area (Å²) in [6, 6.07) is 12.5. The Kier molecular flexibility index (Phi) is 8.06. The third kappa shape index (κ3) is 5.81. The summed E-state index contributed by atoms with van der Waals surface area (Å²) in [6.45, 7) is -0.871. The van der Waals surface area contributed by atoms with Gasteiger partial charge < -0.3 is 24.6 Å². The van der Waals surface area contributed by atoms with Crippen LogP contribution in [-0.4, -0.2) is 45.3 Å². The van der Waals surface area contributed by atoms with Crippen molar-refractivity contribution in [1.29, 1.82) is 0 Å². The number of halogens is 2. The molecule has 0 aliphatic heterocycles. The van der Waals surface area contributed by atoms with Gasteiger partial charge in [-0.1, -0.05) is 0 Å². The first-order chi connectivity index (χ1) is 21.1. The van der Waals surface area contributed by atoms with Crippen molar-refractivity contribution in [2.75, 3.05) is 19.5 Å². The topological polar surface area (TPSA) is 151 Å². The number of amides is 1. The fourth-order valence-electron chi connectivity index (χ4n) is 4.35. The largest absolute Gasteiger partial charge is 0.493 e. The van der Waals surface area contributed by atoms with Crippen LogP contribution in [0.25, 0.3) is 16.6 Å². The summed E-state index contributed by atoms with van der Waals surface area (Å²) in [4.78, 5) is 54.8. The monoisotopic (exact) mass is 604 g/mol. The summed E-state index contributed by atoms with van der Waals surface area (Å²) in [5.41, 5.74) is -2.45. The number of pyridine rings is 1. The number of aromatic nitrogens is 3. The molecule has 0 saturated carbocycles. The second-order valence-electron chi connectivity index (χ2n) is 9.20. The van der Waals surface area contributed by atoms with Gasteiger partial charge in [0.2, 0.25) is 0 Å². The SMILES string of the molecule is COc1cc2nccc(Oc3ccc(NC(=O)c4cn(CC(=O)O)c(=O)n(-c5ccc(F)cc5)c4=O)cc3F)c2cc1OC. The molecule has 0 aliphatic carbocycles. The van der Waals surface area contributed by atoms with E-state index in [-0.39, 0.29) is 22.9 Å². The molecule has 0 radical (unpaired) electrons. The highest BCUT2D eigenvalue weighted by Crippen LogP contribution is 2.37. The Morgan fingerprint density at radius 3 is 2.27 bits per heavy atom. The van der Waals surface area contributed by atoms with Gasteiger partial charge in [-0.25, -0.2) is 18.1 Å². The molecule has 0 unspecified atom stereocenters. The number of methoxy groups -OCH3 is 2. The first-order valence-electron chi connectivity index (χ1n) is 12.7. The molecule has 0 saturated heterocycles. The number of aliphatic carboxylic acids is 1. The Balaban J connectivity index is 1.46. The van der Waals surface area contributed by atoms with Gasteiger partial charge in [0.15, 0.2) is 23.1 Å². The van der Waals surface area contributed by atoms with E-state index in [0.29, 0.717) is 31.5 Å². The lowest BCUT2D eigenvalue weighted by Gasteiger charge is -2.14. The van der Waals surface area contributed by atoms with E-state index in [1.54, 1.807) is 12.1 Å². The van der Waals surface area contributed by atoms with Crippen LogP contribution in [0.15, 0.2) is 82.6 Å². The highest BCUT2D eigenvalue weighted by Gasteiger charge is 2.21. The molecule has 14 heteroatoms. The normalized spacial score (nSPS) is 10.8. The van der Waals surface area contributed by atoms with Gasteiger partial charge in [-0.3, -0.25) is 23.9 Å². The summed E-state index contributed by atoms with van der Waals surface area (Å²) in [6.07, 6.45) is 2.26. The van der Waals surface area contributed by atoms with Crippen LogP contribution in [0.1, 0.15) is 10.4 Å². The number of carboxylic acid groups (broad SMARTS) is 1. The van der Waals surface area contributed by atoms with Gasteiger partial charge in [0.1, 0.15) is 23.7 Å². The van der Waals surface area contributed by atoms with Gasteiger partial charge in [0, 0.05) is 35.6 Å². The summed E-state index contributed by atoms with van der Waals surface area (Å²) in [7, 11) is 2.94. The highest BCUT2D eigenvalue weighted by molar-refractivity contribution is 6.04. The zero-order chi connectivity index (χ0) is 31.5. The van der Waals surface area contributed by atoms with Crippen LogP contribution in [0, 0.1) is 11.6 Å². The quantitative estimate of drug-likeness (QED) is 0.255. The van der Waals surface area contributed by atoms with Crippen LogP contribution < -0.4 is 30.8 Å². The summed E-state index contributed by atoms with van der Waals surface area (Å²) in [5, 5.41) is 12.1. The molecule has 0 spiro atoms. The number of carbonyl (C=O) groups is 2. The highest BCUT2D eigenvalue weighted by atomic mass is 19.1. The van der Waals surface area contributed by atoms with E-state index < -0.39 is 46.9 Å². The predicted molar refractivity (Wildman–Crippen MR) is 153 cm³/mol. The van der Waals surface area contributed by atoms with E-state index >= 15 is 4.39 Å². The number of anilines is 1. The number of rotatable bonds is 9. The van der Waals surface area contributed by atoms with E-state index in [9.17, 15) is 28.7 Å². The number of nitrogens with zero attached hydrogens (tertiary/aromatic N) is 3. The van der Waals surface area contributed by atoms with Gasteiger partial charge in [-0.2, -0.15) is 0 Å². The number of nitrogens with one attached hydrogen (secondary N) is 1. The lowest BCUT2D eigenvalue weighted by molar-refractivity contribution is -0.137. The van der Waals surface area contributed by atoms with Gasteiger partial charge in [-0.15, -0.1) is 0 Å². The minimum atomic E-state index is -1.42. The maximum Gasteiger partial charge on any atom is 0.336 e. The Morgan fingerprint density at radius 1 is 0.909 bits per heavy atom. The van der Waals surface area contributed by atoms with Crippen LogP contribution in [0.2, 0.25) is 0 Å². The van der Waals surface area contributed by atoms with Crippen molar-refractivity contribution in [3.8, 4) is 28.7 Å². The molecule has 12 nitrogen and oxygen atoms in total. The molecule has 0 aliphatic rings. The third-order valence-corrected chi connectivity index (χ3v) is 6.41. The fourth-order valence-corrected chi connectivity index (χ4v) is 4.35. The zero-order valence-corrected chi connectivity index (χ0v) is 23.0. The maximum atomic E-state index is 15.2. The van der Waals surface area contributed by atoms with Crippen LogP contribution in [0.4, 0.5) is 14.5 Å².